The summed E-state index contributed by atoms with van der Waals surface area (Å²) in [7, 11) is -3.63. The Morgan fingerprint density at radius 1 is 1.25 bits per heavy atom. The third kappa shape index (κ3) is 3.34. The van der Waals surface area contributed by atoms with Crippen LogP contribution >= 0.6 is 11.6 Å². The molecule has 2 aromatic rings. The molecule has 1 aromatic heterocycles. The van der Waals surface area contributed by atoms with Crippen LogP contribution in [-0.2, 0) is 21.4 Å². The first-order valence-electron chi connectivity index (χ1n) is 9.19. The van der Waals surface area contributed by atoms with Crippen LogP contribution in [0, 0.1) is 0 Å². The summed E-state index contributed by atoms with van der Waals surface area (Å²) in [5, 5.41) is 3.78. The summed E-state index contributed by atoms with van der Waals surface area (Å²) < 4.78 is 32.8. The van der Waals surface area contributed by atoms with Crippen molar-refractivity contribution in [3.63, 3.8) is 0 Å². The van der Waals surface area contributed by atoms with Gasteiger partial charge in [0.25, 0.3) is 0 Å². The van der Waals surface area contributed by atoms with Crippen LogP contribution in [0.15, 0.2) is 52.0 Å². The Kier molecular flexibility index (Phi) is 4.99. The highest BCUT2D eigenvalue weighted by Gasteiger charge is 2.51. The molecule has 2 saturated heterocycles. The lowest BCUT2D eigenvalue weighted by Gasteiger charge is -2.44. The SMILES string of the molecule is C[C@@H]1NC2(CCN(S(=O)(=O)c3cccc(Cl)c3)CC2)N(Cc2ccco2)C1=O. The van der Waals surface area contributed by atoms with Crippen molar-refractivity contribution in [1.29, 1.82) is 0 Å². The van der Waals surface area contributed by atoms with Gasteiger partial charge >= 0.3 is 0 Å². The summed E-state index contributed by atoms with van der Waals surface area (Å²) in [5.41, 5.74) is -0.566. The molecule has 1 atom stereocenters. The van der Waals surface area contributed by atoms with Crippen molar-refractivity contribution in [3.8, 4) is 0 Å². The van der Waals surface area contributed by atoms with Crippen LogP contribution in [-0.4, -0.2) is 48.3 Å². The summed E-state index contributed by atoms with van der Waals surface area (Å²) in [6, 6.07) is 9.60. The largest absolute Gasteiger partial charge is 0.467 e. The molecular formula is C19H22ClN3O4S. The van der Waals surface area contributed by atoms with Crippen molar-refractivity contribution in [1.82, 2.24) is 14.5 Å². The minimum atomic E-state index is -3.63. The van der Waals surface area contributed by atoms with Crippen LogP contribution in [0.1, 0.15) is 25.5 Å². The Balaban J connectivity index is 1.54. The van der Waals surface area contributed by atoms with Gasteiger partial charge in [0.1, 0.15) is 5.76 Å². The third-order valence-electron chi connectivity index (χ3n) is 5.52. The third-order valence-corrected chi connectivity index (χ3v) is 7.65. The number of nitrogens with zero attached hydrogens (tertiary/aromatic N) is 2. The van der Waals surface area contributed by atoms with Gasteiger partial charge in [-0.3, -0.25) is 10.1 Å². The second-order valence-electron chi connectivity index (χ2n) is 7.26. The fourth-order valence-corrected chi connectivity index (χ4v) is 5.81. The first kappa shape index (κ1) is 19.4. The monoisotopic (exact) mass is 423 g/mol. The van der Waals surface area contributed by atoms with Crippen LogP contribution in [0.3, 0.4) is 0 Å². The van der Waals surface area contributed by atoms with E-state index in [2.05, 4.69) is 5.32 Å². The van der Waals surface area contributed by atoms with Crippen LogP contribution in [0.4, 0.5) is 0 Å². The van der Waals surface area contributed by atoms with Gasteiger partial charge in [-0.2, -0.15) is 4.31 Å². The highest BCUT2D eigenvalue weighted by atomic mass is 35.5. The van der Waals surface area contributed by atoms with Crippen molar-refractivity contribution < 1.29 is 17.6 Å². The summed E-state index contributed by atoms with van der Waals surface area (Å²) in [6.45, 7) is 2.83. The van der Waals surface area contributed by atoms with Crippen molar-refractivity contribution in [2.24, 2.45) is 0 Å². The number of furan rings is 1. The van der Waals surface area contributed by atoms with E-state index in [9.17, 15) is 13.2 Å². The lowest BCUT2D eigenvalue weighted by molar-refractivity contribution is -0.134. The average molecular weight is 424 g/mol. The Morgan fingerprint density at radius 3 is 2.64 bits per heavy atom. The first-order chi connectivity index (χ1) is 13.3. The number of sulfonamides is 1. The van der Waals surface area contributed by atoms with E-state index in [-0.39, 0.29) is 16.8 Å². The maximum absolute atomic E-state index is 13.0. The molecule has 9 heteroatoms. The van der Waals surface area contributed by atoms with E-state index in [1.807, 2.05) is 13.0 Å². The zero-order valence-corrected chi connectivity index (χ0v) is 17.0. The molecule has 2 fully saturated rings. The molecule has 1 N–H and O–H groups in total. The Hall–Kier alpha value is -1.87. The van der Waals surface area contributed by atoms with Crippen molar-refractivity contribution in [2.75, 3.05) is 13.1 Å². The molecular weight excluding hydrogens is 402 g/mol. The Bertz CT molecular complexity index is 969. The fourth-order valence-electron chi connectivity index (χ4n) is 4.06. The van der Waals surface area contributed by atoms with E-state index < -0.39 is 15.7 Å². The molecule has 150 valence electrons. The number of hydrogen-bond donors (Lipinski definition) is 1. The van der Waals surface area contributed by atoms with E-state index in [0.717, 1.165) is 0 Å². The molecule has 0 bridgehead atoms. The molecule has 1 amide bonds. The maximum atomic E-state index is 13.0. The number of benzene rings is 1. The van der Waals surface area contributed by atoms with Crippen LogP contribution in [0.2, 0.25) is 5.02 Å². The number of carbonyl (C=O) groups is 1. The topological polar surface area (TPSA) is 82.9 Å². The second-order valence-corrected chi connectivity index (χ2v) is 9.64. The normalized spacial score (nSPS) is 22.9. The molecule has 0 unspecified atom stereocenters. The molecule has 4 rings (SSSR count). The smallest absolute Gasteiger partial charge is 0.243 e. The molecule has 28 heavy (non-hydrogen) atoms. The van der Waals surface area contributed by atoms with Gasteiger partial charge in [-0.15, -0.1) is 0 Å². The predicted octanol–water partition coefficient (Wildman–Crippen LogP) is 2.43. The summed E-state index contributed by atoms with van der Waals surface area (Å²) >= 11 is 5.96. The molecule has 7 nitrogen and oxygen atoms in total. The van der Waals surface area contributed by atoms with E-state index in [1.165, 1.54) is 10.4 Å². The molecule has 2 aliphatic heterocycles. The molecule has 0 saturated carbocycles. The van der Waals surface area contributed by atoms with Crippen LogP contribution in [0.25, 0.3) is 0 Å². The number of nitrogens with one attached hydrogen (secondary N) is 1. The quantitative estimate of drug-likeness (QED) is 0.816. The number of piperidine rings is 1. The van der Waals surface area contributed by atoms with E-state index in [0.29, 0.717) is 43.3 Å². The van der Waals surface area contributed by atoms with E-state index >= 15 is 0 Å². The summed E-state index contributed by atoms with van der Waals surface area (Å²) in [5.74, 6) is 0.708. The molecule has 1 spiro atoms. The van der Waals surface area contributed by atoms with Gasteiger partial charge in [0.2, 0.25) is 15.9 Å². The zero-order valence-electron chi connectivity index (χ0n) is 15.5. The maximum Gasteiger partial charge on any atom is 0.243 e. The summed E-state index contributed by atoms with van der Waals surface area (Å²) in [6.07, 6.45) is 2.59. The Morgan fingerprint density at radius 2 is 2.00 bits per heavy atom. The molecule has 2 aliphatic rings. The second kappa shape index (κ2) is 7.18. The van der Waals surface area contributed by atoms with Crippen LogP contribution < -0.4 is 5.32 Å². The van der Waals surface area contributed by atoms with Crippen LogP contribution in [0.5, 0.6) is 0 Å². The van der Waals surface area contributed by atoms with Gasteiger partial charge in [0, 0.05) is 18.1 Å². The highest BCUT2D eigenvalue weighted by Crippen LogP contribution is 2.35. The number of rotatable bonds is 4. The van der Waals surface area contributed by atoms with Crippen molar-refractivity contribution >= 4 is 27.5 Å². The van der Waals surface area contributed by atoms with Gasteiger partial charge in [0.15, 0.2) is 0 Å². The minimum Gasteiger partial charge on any atom is -0.467 e. The summed E-state index contributed by atoms with van der Waals surface area (Å²) in [4.78, 5) is 14.7. The minimum absolute atomic E-state index is 0.00236. The van der Waals surface area contributed by atoms with Crippen molar-refractivity contribution in [3.05, 3.63) is 53.4 Å². The molecule has 0 aliphatic carbocycles. The number of amides is 1. The van der Waals surface area contributed by atoms with Gasteiger partial charge < -0.3 is 9.32 Å². The Labute approximate surface area is 169 Å². The molecule has 3 heterocycles. The highest BCUT2D eigenvalue weighted by molar-refractivity contribution is 7.89. The van der Waals surface area contributed by atoms with E-state index in [4.69, 9.17) is 16.0 Å². The van der Waals surface area contributed by atoms with E-state index in [1.54, 1.807) is 35.4 Å². The predicted molar refractivity (Wildman–Crippen MR) is 104 cm³/mol. The number of hydrogen-bond acceptors (Lipinski definition) is 5. The zero-order chi connectivity index (χ0) is 19.9. The molecule has 0 radical (unpaired) electrons. The fraction of sp³-hybridized carbons (Fsp3) is 0.421. The number of carbonyl (C=O) groups excluding carboxylic acids is 1. The van der Waals surface area contributed by atoms with Gasteiger partial charge in [-0.25, -0.2) is 8.42 Å². The first-order valence-corrected chi connectivity index (χ1v) is 11.0. The standard InChI is InChI=1S/C19H22ClN3O4S/c1-14-18(24)23(13-16-5-3-11-27-16)19(21-14)7-9-22(10-8-19)28(25,26)17-6-2-4-15(20)12-17/h2-6,11-12,14,21H,7-10,13H2,1H3/t14-/m0/s1. The van der Waals surface area contributed by atoms with Gasteiger partial charge in [-0.05, 0) is 50.1 Å². The van der Waals surface area contributed by atoms with Gasteiger partial charge in [0.05, 0.1) is 29.4 Å². The lowest BCUT2D eigenvalue weighted by Crippen LogP contribution is -2.59. The lowest BCUT2D eigenvalue weighted by atomic mass is 9.97. The average Bonchev–Trinajstić information content (AvgIpc) is 3.26. The molecule has 1 aromatic carbocycles. The van der Waals surface area contributed by atoms with Crippen molar-refractivity contribution in [2.45, 2.75) is 42.9 Å². The van der Waals surface area contributed by atoms with Gasteiger partial charge in [-0.1, -0.05) is 17.7 Å². The number of halogens is 1.